The van der Waals surface area contributed by atoms with Gasteiger partial charge < -0.3 is 10.2 Å². The van der Waals surface area contributed by atoms with Gasteiger partial charge in [0, 0.05) is 18.1 Å². The van der Waals surface area contributed by atoms with E-state index in [2.05, 4.69) is 5.32 Å². The minimum atomic E-state index is -4.25. The Hall–Kier alpha value is -2.78. The largest absolute Gasteiger partial charge is 0.354 e. The molecule has 0 bridgehead atoms. The summed E-state index contributed by atoms with van der Waals surface area (Å²) in [4.78, 5) is 28.2. The van der Waals surface area contributed by atoms with Gasteiger partial charge >= 0.3 is 0 Å². The lowest BCUT2D eigenvalue weighted by Gasteiger charge is -2.32. The van der Waals surface area contributed by atoms with Crippen molar-refractivity contribution in [1.29, 1.82) is 0 Å². The van der Waals surface area contributed by atoms with Gasteiger partial charge in [-0.15, -0.1) is 0 Å². The van der Waals surface area contributed by atoms with E-state index in [1.165, 1.54) is 29.2 Å². The Bertz CT molecular complexity index is 1420. The Morgan fingerprint density at radius 1 is 0.846 bits per heavy atom. The number of sulfonamides is 1. The van der Waals surface area contributed by atoms with Crippen molar-refractivity contribution in [3.05, 3.63) is 93.4 Å². The fourth-order valence-corrected chi connectivity index (χ4v) is 5.85. The maximum absolute atomic E-state index is 13.9. The highest BCUT2D eigenvalue weighted by molar-refractivity contribution is 7.92. The maximum atomic E-state index is 13.9. The number of carbonyl (C=O) groups is 2. The molecule has 3 aromatic carbocycles. The molecule has 39 heavy (non-hydrogen) atoms. The molecule has 0 saturated carbocycles. The first-order valence-corrected chi connectivity index (χ1v) is 14.8. The average Bonchev–Trinajstić information content (AvgIpc) is 2.91. The summed E-state index contributed by atoms with van der Waals surface area (Å²) in [6.07, 6.45) is 0. The van der Waals surface area contributed by atoms with Crippen LogP contribution in [0.5, 0.6) is 0 Å². The normalized spacial score (nSPS) is 12.2. The van der Waals surface area contributed by atoms with E-state index in [9.17, 15) is 18.0 Å². The zero-order chi connectivity index (χ0) is 28.7. The number of halogens is 3. The van der Waals surface area contributed by atoms with Gasteiger partial charge in [0.1, 0.15) is 12.6 Å². The highest BCUT2D eigenvalue weighted by Crippen LogP contribution is 2.35. The second-order valence-electron chi connectivity index (χ2n) is 9.33. The van der Waals surface area contributed by atoms with Crippen molar-refractivity contribution in [2.45, 2.75) is 38.3 Å². The van der Waals surface area contributed by atoms with E-state index in [0.717, 1.165) is 4.31 Å². The van der Waals surface area contributed by atoms with Crippen LogP contribution in [-0.2, 0) is 26.2 Å². The van der Waals surface area contributed by atoms with Crippen LogP contribution in [0, 0.1) is 5.92 Å². The van der Waals surface area contributed by atoms with Crippen molar-refractivity contribution in [2.75, 3.05) is 17.4 Å². The molecule has 2 amide bonds. The number of benzene rings is 3. The lowest BCUT2D eigenvalue weighted by atomic mass is 10.1. The summed E-state index contributed by atoms with van der Waals surface area (Å²) in [6, 6.07) is 18.3. The van der Waals surface area contributed by atoms with Crippen molar-refractivity contribution in [2.24, 2.45) is 5.92 Å². The van der Waals surface area contributed by atoms with E-state index in [4.69, 9.17) is 34.8 Å². The Morgan fingerprint density at radius 3 is 2.10 bits per heavy atom. The maximum Gasteiger partial charge on any atom is 0.264 e. The molecule has 0 aromatic heterocycles. The molecule has 0 fully saturated rings. The van der Waals surface area contributed by atoms with Gasteiger partial charge in [0.15, 0.2) is 0 Å². The lowest BCUT2D eigenvalue weighted by molar-refractivity contribution is -0.139. The van der Waals surface area contributed by atoms with Gasteiger partial charge in [-0.25, -0.2) is 8.42 Å². The molecule has 11 heteroatoms. The number of nitrogens with zero attached hydrogens (tertiary/aromatic N) is 2. The zero-order valence-electron chi connectivity index (χ0n) is 21.8. The minimum absolute atomic E-state index is 0.0166. The van der Waals surface area contributed by atoms with E-state index in [1.54, 1.807) is 55.5 Å². The van der Waals surface area contributed by atoms with Gasteiger partial charge in [0.2, 0.25) is 11.8 Å². The molecule has 0 aliphatic heterocycles. The average molecular weight is 611 g/mol. The molecule has 0 heterocycles. The number of hydrogen-bond acceptors (Lipinski definition) is 4. The first kappa shape index (κ1) is 30.8. The fraction of sp³-hybridized carbons (Fsp3) is 0.286. The van der Waals surface area contributed by atoms with Crippen LogP contribution in [0.4, 0.5) is 5.69 Å². The molecule has 3 rings (SSSR count). The molecule has 208 valence electrons. The number of rotatable bonds is 11. The van der Waals surface area contributed by atoms with Crippen molar-refractivity contribution in [3.63, 3.8) is 0 Å². The van der Waals surface area contributed by atoms with Crippen molar-refractivity contribution < 1.29 is 18.0 Å². The molecule has 0 radical (unpaired) electrons. The van der Waals surface area contributed by atoms with E-state index >= 15 is 0 Å². The van der Waals surface area contributed by atoms with E-state index in [1.807, 2.05) is 13.8 Å². The standard InChI is InChI=1S/C28H30Cl3N3O4S/c1-19(2)16-32-28(36)20(3)33(17-21-10-7-8-13-23(21)29)26(35)18-34(25-15-9-14-24(30)27(25)31)39(37,38)22-11-5-4-6-12-22/h4-15,19-20H,16-18H2,1-3H3,(H,32,36)/t20-/m1/s1. The van der Waals surface area contributed by atoms with Crippen LogP contribution >= 0.6 is 34.8 Å². The molecule has 3 aromatic rings. The summed E-state index contributed by atoms with van der Waals surface area (Å²) in [5, 5.41) is 3.36. The van der Waals surface area contributed by atoms with Crippen molar-refractivity contribution in [3.8, 4) is 0 Å². The second-order valence-corrected chi connectivity index (χ2v) is 12.4. The first-order valence-electron chi connectivity index (χ1n) is 12.3. The van der Waals surface area contributed by atoms with Crippen LogP contribution in [0.3, 0.4) is 0 Å². The number of carbonyl (C=O) groups excluding carboxylic acids is 2. The van der Waals surface area contributed by atoms with Gasteiger partial charge in [-0.05, 0) is 48.7 Å². The molecular formula is C28H30Cl3N3O4S. The van der Waals surface area contributed by atoms with Crippen LogP contribution in [0.25, 0.3) is 0 Å². The van der Waals surface area contributed by atoms with E-state index in [-0.39, 0.29) is 39.0 Å². The van der Waals surface area contributed by atoms with Gasteiger partial charge in [-0.1, -0.05) is 91.1 Å². The summed E-state index contributed by atoms with van der Waals surface area (Å²) in [5.74, 6) is -0.801. The third-order valence-corrected chi connectivity index (χ3v) is 8.91. The monoisotopic (exact) mass is 609 g/mol. The number of anilines is 1. The highest BCUT2D eigenvalue weighted by atomic mass is 35.5. The smallest absolute Gasteiger partial charge is 0.264 e. The summed E-state index contributed by atoms with van der Waals surface area (Å²) in [5.41, 5.74) is 0.644. The Labute approximate surface area is 244 Å². The SMILES string of the molecule is CC(C)CNC(=O)[C@@H](C)N(Cc1ccccc1Cl)C(=O)CN(c1cccc(Cl)c1Cl)S(=O)(=O)c1ccccc1. The minimum Gasteiger partial charge on any atom is -0.354 e. The topological polar surface area (TPSA) is 86.8 Å². The van der Waals surface area contributed by atoms with Gasteiger partial charge in [-0.3, -0.25) is 13.9 Å². The fourth-order valence-electron chi connectivity index (χ4n) is 3.76. The lowest BCUT2D eigenvalue weighted by Crippen LogP contribution is -2.51. The van der Waals surface area contributed by atoms with Gasteiger partial charge in [0.05, 0.1) is 20.6 Å². The van der Waals surface area contributed by atoms with Crippen LogP contribution in [0.2, 0.25) is 15.1 Å². The molecule has 1 N–H and O–H groups in total. The zero-order valence-corrected chi connectivity index (χ0v) is 24.9. The molecule has 7 nitrogen and oxygen atoms in total. The predicted octanol–water partition coefficient (Wildman–Crippen LogP) is 6.03. The van der Waals surface area contributed by atoms with E-state index in [0.29, 0.717) is 17.1 Å². The number of nitrogens with one attached hydrogen (secondary N) is 1. The molecule has 1 atom stereocenters. The molecule has 0 aliphatic carbocycles. The van der Waals surface area contributed by atoms with Crippen LogP contribution in [0.15, 0.2) is 77.7 Å². The summed E-state index contributed by atoms with van der Waals surface area (Å²) in [6.45, 7) is 5.27. The van der Waals surface area contributed by atoms with Crippen LogP contribution < -0.4 is 9.62 Å². The van der Waals surface area contributed by atoms with E-state index < -0.39 is 28.5 Å². The van der Waals surface area contributed by atoms with Crippen LogP contribution in [0.1, 0.15) is 26.3 Å². The summed E-state index contributed by atoms with van der Waals surface area (Å²) < 4.78 is 28.5. The van der Waals surface area contributed by atoms with Gasteiger partial charge in [-0.2, -0.15) is 0 Å². The quantitative estimate of drug-likeness (QED) is 0.287. The third-order valence-electron chi connectivity index (χ3n) is 5.96. The molecule has 0 saturated heterocycles. The van der Waals surface area contributed by atoms with Crippen molar-refractivity contribution >= 4 is 62.3 Å². The summed E-state index contributed by atoms with van der Waals surface area (Å²) in [7, 11) is -4.25. The Kier molecular flexibility index (Phi) is 10.7. The Morgan fingerprint density at radius 2 is 1.46 bits per heavy atom. The molecular weight excluding hydrogens is 581 g/mol. The summed E-state index contributed by atoms with van der Waals surface area (Å²) >= 11 is 19.0. The number of hydrogen-bond donors (Lipinski definition) is 1. The van der Waals surface area contributed by atoms with Crippen molar-refractivity contribution in [1.82, 2.24) is 10.2 Å². The first-order chi connectivity index (χ1) is 18.4. The predicted molar refractivity (Wildman–Crippen MR) is 157 cm³/mol. The third kappa shape index (κ3) is 7.66. The second kappa shape index (κ2) is 13.5. The van der Waals surface area contributed by atoms with Gasteiger partial charge in [0.25, 0.3) is 10.0 Å². The van der Waals surface area contributed by atoms with Crippen LogP contribution in [-0.4, -0.2) is 44.3 Å². The molecule has 0 spiro atoms. The highest BCUT2D eigenvalue weighted by Gasteiger charge is 2.33. The molecule has 0 aliphatic rings. The Balaban J connectivity index is 2.05. The number of amides is 2. The molecule has 0 unspecified atom stereocenters.